The van der Waals surface area contributed by atoms with Gasteiger partial charge in [0.1, 0.15) is 17.7 Å². The van der Waals surface area contributed by atoms with Gasteiger partial charge in [-0.3, -0.25) is 0 Å². The summed E-state index contributed by atoms with van der Waals surface area (Å²) in [6.45, 7) is 0. The smallest absolute Gasteiger partial charge is 0.147 e. The molecule has 2 aromatic rings. The molecule has 94 valence electrons. The normalized spacial score (nSPS) is 12.4. The Morgan fingerprint density at radius 3 is 2.72 bits per heavy atom. The zero-order chi connectivity index (χ0) is 13.3. The Balaban J connectivity index is 2.51. The minimum absolute atomic E-state index is 0.0262. The minimum atomic E-state index is -1.27. The van der Waals surface area contributed by atoms with E-state index in [0.29, 0.717) is 5.02 Å². The maximum atomic E-state index is 13.8. The van der Waals surface area contributed by atoms with Crippen molar-refractivity contribution in [2.45, 2.75) is 6.10 Å². The molecule has 2 rings (SSSR count). The van der Waals surface area contributed by atoms with Crippen molar-refractivity contribution >= 4 is 29.0 Å². The number of hydrogen-bond acceptors (Lipinski definition) is 3. The number of hydrogen-bond donors (Lipinski definition) is 2. The molecular weight excluding hydrogens is 278 g/mol. The first-order valence-electron chi connectivity index (χ1n) is 5.03. The topological polar surface area (TPSA) is 59.1 Å². The molecule has 1 atom stereocenters. The molecule has 0 saturated carbocycles. The number of rotatable bonds is 2. The average molecular weight is 287 g/mol. The number of pyridine rings is 1. The van der Waals surface area contributed by atoms with Crippen molar-refractivity contribution in [1.29, 1.82) is 0 Å². The molecule has 0 radical (unpaired) electrons. The molecule has 0 spiro atoms. The van der Waals surface area contributed by atoms with E-state index in [2.05, 4.69) is 4.98 Å². The van der Waals surface area contributed by atoms with Crippen LogP contribution in [0.4, 0.5) is 10.2 Å². The van der Waals surface area contributed by atoms with E-state index >= 15 is 0 Å². The highest BCUT2D eigenvalue weighted by atomic mass is 35.5. The summed E-state index contributed by atoms with van der Waals surface area (Å²) in [5.74, 6) is -0.600. The van der Waals surface area contributed by atoms with Crippen LogP contribution in [0.2, 0.25) is 10.0 Å². The van der Waals surface area contributed by atoms with E-state index in [4.69, 9.17) is 28.9 Å². The number of nitrogens with two attached hydrogens (primary N) is 1. The number of nitrogen functional groups attached to an aromatic ring is 1. The monoisotopic (exact) mass is 286 g/mol. The average Bonchev–Trinajstić information content (AvgIpc) is 2.35. The fourth-order valence-corrected chi connectivity index (χ4v) is 1.93. The second-order valence-corrected chi connectivity index (χ2v) is 4.52. The lowest BCUT2D eigenvalue weighted by Crippen LogP contribution is -2.07. The maximum Gasteiger partial charge on any atom is 0.147 e. The van der Waals surface area contributed by atoms with Crippen LogP contribution in [0.3, 0.4) is 0 Å². The van der Waals surface area contributed by atoms with E-state index in [1.165, 1.54) is 30.5 Å². The Labute approximate surface area is 113 Å². The molecule has 1 unspecified atom stereocenters. The molecular formula is C12H9Cl2FN2O. The van der Waals surface area contributed by atoms with Gasteiger partial charge in [-0.1, -0.05) is 35.3 Å². The van der Waals surface area contributed by atoms with Gasteiger partial charge in [0, 0.05) is 17.3 Å². The zero-order valence-electron chi connectivity index (χ0n) is 9.07. The first kappa shape index (κ1) is 13.1. The molecule has 0 aliphatic rings. The van der Waals surface area contributed by atoms with Gasteiger partial charge in [0.05, 0.1) is 10.0 Å². The van der Waals surface area contributed by atoms with Crippen molar-refractivity contribution in [3.8, 4) is 0 Å². The first-order chi connectivity index (χ1) is 8.50. The van der Waals surface area contributed by atoms with Crippen molar-refractivity contribution in [3.63, 3.8) is 0 Å². The molecule has 3 nitrogen and oxygen atoms in total. The SMILES string of the molecule is Nc1ncc(Cl)cc1C(O)c1cccc(Cl)c1F. The van der Waals surface area contributed by atoms with Crippen LogP contribution in [0.25, 0.3) is 0 Å². The summed E-state index contributed by atoms with van der Waals surface area (Å²) in [7, 11) is 0. The van der Waals surface area contributed by atoms with Crippen molar-refractivity contribution in [1.82, 2.24) is 4.98 Å². The second-order valence-electron chi connectivity index (χ2n) is 3.67. The fraction of sp³-hybridized carbons (Fsp3) is 0.0833. The van der Waals surface area contributed by atoms with Gasteiger partial charge in [0.2, 0.25) is 0 Å². The summed E-state index contributed by atoms with van der Waals surface area (Å²) < 4.78 is 13.8. The van der Waals surface area contributed by atoms with Crippen LogP contribution in [0.1, 0.15) is 17.2 Å². The van der Waals surface area contributed by atoms with E-state index in [9.17, 15) is 9.50 Å². The lowest BCUT2D eigenvalue weighted by molar-refractivity contribution is 0.215. The van der Waals surface area contributed by atoms with Gasteiger partial charge in [-0.15, -0.1) is 0 Å². The molecule has 0 saturated heterocycles. The quantitative estimate of drug-likeness (QED) is 0.891. The van der Waals surface area contributed by atoms with Gasteiger partial charge in [0.25, 0.3) is 0 Å². The molecule has 3 N–H and O–H groups in total. The number of aliphatic hydroxyl groups is 1. The van der Waals surface area contributed by atoms with E-state index in [0.717, 1.165) is 0 Å². The van der Waals surface area contributed by atoms with Gasteiger partial charge in [-0.2, -0.15) is 0 Å². The third-order valence-electron chi connectivity index (χ3n) is 2.49. The maximum absolute atomic E-state index is 13.8. The van der Waals surface area contributed by atoms with E-state index in [-0.39, 0.29) is 22.0 Å². The molecule has 0 aliphatic carbocycles. The highest BCUT2D eigenvalue weighted by molar-refractivity contribution is 6.31. The standard InChI is InChI=1S/C12H9Cl2FN2O/c13-6-4-8(12(16)17-5-6)11(18)7-2-1-3-9(14)10(7)15/h1-5,11,18H,(H2,16,17). The highest BCUT2D eigenvalue weighted by Crippen LogP contribution is 2.31. The van der Waals surface area contributed by atoms with Crippen LogP contribution < -0.4 is 5.73 Å². The van der Waals surface area contributed by atoms with E-state index in [1.807, 2.05) is 0 Å². The Morgan fingerprint density at radius 2 is 2.00 bits per heavy atom. The summed E-state index contributed by atoms with van der Waals surface area (Å²) >= 11 is 11.4. The molecule has 6 heteroatoms. The largest absolute Gasteiger partial charge is 0.383 e. The third-order valence-corrected chi connectivity index (χ3v) is 2.99. The number of aromatic nitrogens is 1. The Bertz CT molecular complexity index is 590. The van der Waals surface area contributed by atoms with Crippen LogP contribution in [-0.2, 0) is 0 Å². The van der Waals surface area contributed by atoms with Gasteiger partial charge in [-0.25, -0.2) is 9.37 Å². The third kappa shape index (κ3) is 2.41. The van der Waals surface area contributed by atoms with Crippen LogP contribution >= 0.6 is 23.2 Å². The number of aliphatic hydroxyl groups excluding tert-OH is 1. The van der Waals surface area contributed by atoms with Gasteiger partial charge in [-0.05, 0) is 12.1 Å². The Hall–Kier alpha value is -1.36. The lowest BCUT2D eigenvalue weighted by atomic mass is 10.0. The summed E-state index contributed by atoms with van der Waals surface area (Å²) in [6.07, 6.45) is 0.0800. The van der Waals surface area contributed by atoms with E-state index in [1.54, 1.807) is 0 Å². The van der Waals surface area contributed by atoms with Crippen molar-refractivity contribution in [2.75, 3.05) is 5.73 Å². The van der Waals surface area contributed by atoms with E-state index < -0.39 is 11.9 Å². The molecule has 0 fully saturated rings. The molecule has 1 aromatic heterocycles. The van der Waals surface area contributed by atoms with Crippen LogP contribution in [-0.4, -0.2) is 10.1 Å². The zero-order valence-corrected chi connectivity index (χ0v) is 10.6. The second kappa shape index (κ2) is 5.10. The van der Waals surface area contributed by atoms with Crippen molar-refractivity contribution in [3.05, 3.63) is 57.5 Å². The molecule has 1 heterocycles. The van der Waals surface area contributed by atoms with Crippen molar-refractivity contribution < 1.29 is 9.50 Å². The molecule has 0 bridgehead atoms. The summed E-state index contributed by atoms with van der Waals surface area (Å²) in [5.41, 5.74) is 5.90. The number of halogens is 3. The van der Waals surface area contributed by atoms with Crippen LogP contribution in [0, 0.1) is 5.82 Å². The molecule has 0 amide bonds. The number of anilines is 1. The number of benzene rings is 1. The predicted molar refractivity (Wildman–Crippen MR) is 69.1 cm³/mol. The molecule has 18 heavy (non-hydrogen) atoms. The Morgan fingerprint density at radius 1 is 1.28 bits per heavy atom. The van der Waals surface area contributed by atoms with Crippen LogP contribution in [0.15, 0.2) is 30.5 Å². The fourth-order valence-electron chi connectivity index (χ4n) is 1.58. The first-order valence-corrected chi connectivity index (χ1v) is 5.79. The Kier molecular flexibility index (Phi) is 3.71. The van der Waals surface area contributed by atoms with Gasteiger partial charge in [0.15, 0.2) is 0 Å². The lowest BCUT2D eigenvalue weighted by Gasteiger charge is -2.14. The van der Waals surface area contributed by atoms with Crippen LogP contribution in [0.5, 0.6) is 0 Å². The minimum Gasteiger partial charge on any atom is -0.383 e. The predicted octanol–water partition coefficient (Wildman–Crippen LogP) is 3.19. The summed E-state index contributed by atoms with van der Waals surface area (Å²) in [5, 5.41) is 10.4. The molecule has 0 aliphatic heterocycles. The summed E-state index contributed by atoms with van der Waals surface area (Å²) in [6, 6.07) is 5.80. The van der Waals surface area contributed by atoms with Gasteiger partial charge >= 0.3 is 0 Å². The van der Waals surface area contributed by atoms with Gasteiger partial charge < -0.3 is 10.8 Å². The highest BCUT2D eigenvalue weighted by Gasteiger charge is 2.19. The van der Waals surface area contributed by atoms with Crippen molar-refractivity contribution in [2.24, 2.45) is 0 Å². The number of nitrogens with zero attached hydrogens (tertiary/aromatic N) is 1. The summed E-state index contributed by atoms with van der Waals surface area (Å²) in [4.78, 5) is 3.81. The molecule has 1 aromatic carbocycles.